The van der Waals surface area contributed by atoms with Crippen molar-refractivity contribution in [1.82, 2.24) is 10.1 Å². The molecule has 1 heterocycles. The number of hydrogen-bond acceptors (Lipinski definition) is 4. The number of halogens is 1. The van der Waals surface area contributed by atoms with E-state index in [0.29, 0.717) is 23.2 Å². The number of rotatable bonds is 3. The Labute approximate surface area is 109 Å². The predicted octanol–water partition coefficient (Wildman–Crippen LogP) is 2.94. The van der Waals surface area contributed by atoms with Crippen LogP contribution in [0, 0.1) is 17.2 Å². The first-order valence-electron chi connectivity index (χ1n) is 5.73. The highest BCUT2D eigenvalue weighted by atomic mass is 35.5. The number of benzene rings is 1. The van der Waals surface area contributed by atoms with E-state index in [2.05, 4.69) is 16.2 Å². The zero-order valence-electron chi connectivity index (χ0n) is 9.51. The molecule has 5 heteroatoms. The van der Waals surface area contributed by atoms with Crippen LogP contribution in [0.2, 0.25) is 5.02 Å². The molecular weight excluding hydrogens is 250 g/mol. The van der Waals surface area contributed by atoms with Crippen molar-refractivity contribution in [3.63, 3.8) is 0 Å². The Hall–Kier alpha value is -1.86. The molecule has 1 aromatic heterocycles. The molecule has 4 nitrogen and oxygen atoms in total. The Balaban J connectivity index is 1.71. The van der Waals surface area contributed by atoms with Crippen molar-refractivity contribution in [3.05, 3.63) is 46.6 Å². The Morgan fingerprint density at radius 3 is 2.83 bits per heavy atom. The van der Waals surface area contributed by atoms with Crippen molar-refractivity contribution in [2.45, 2.75) is 18.8 Å². The second-order valence-electron chi connectivity index (χ2n) is 4.43. The van der Waals surface area contributed by atoms with Gasteiger partial charge in [-0.05, 0) is 24.1 Å². The molecule has 3 rings (SSSR count). The molecule has 90 valence electrons. The van der Waals surface area contributed by atoms with Crippen LogP contribution < -0.4 is 0 Å². The topological polar surface area (TPSA) is 62.7 Å². The lowest BCUT2D eigenvalue weighted by molar-refractivity contribution is 0.373. The molecule has 1 aliphatic carbocycles. The van der Waals surface area contributed by atoms with Gasteiger partial charge in [0.25, 0.3) is 0 Å². The molecule has 2 atom stereocenters. The maximum atomic E-state index is 8.75. The second-order valence-corrected chi connectivity index (χ2v) is 4.87. The minimum Gasteiger partial charge on any atom is -0.339 e. The quantitative estimate of drug-likeness (QED) is 0.850. The zero-order valence-corrected chi connectivity index (χ0v) is 10.3. The monoisotopic (exact) mass is 259 g/mol. The average Bonchev–Trinajstić information content (AvgIpc) is 3.04. The number of nitrogens with zero attached hydrogens (tertiary/aromatic N) is 3. The third kappa shape index (κ3) is 2.22. The molecule has 0 amide bonds. The van der Waals surface area contributed by atoms with Gasteiger partial charge in [0, 0.05) is 11.4 Å². The van der Waals surface area contributed by atoms with Gasteiger partial charge in [-0.25, -0.2) is 0 Å². The molecule has 0 N–H and O–H groups in total. The maximum absolute atomic E-state index is 8.75. The van der Waals surface area contributed by atoms with E-state index < -0.39 is 0 Å². The summed E-state index contributed by atoms with van der Waals surface area (Å²) < 4.78 is 5.18. The fourth-order valence-corrected chi connectivity index (χ4v) is 2.01. The lowest BCUT2D eigenvalue weighted by Gasteiger charge is -1.96. The van der Waals surface area contributed by atoms with Crippen LogP contribution in [0.5, 0.6) is 0 Å². The summed E-state index contributed by atoms with van der Waals surface area (Å²) in [7, 11) is 0. The molecular formula is C13H10ClN3O. The van der Waals surface area contributed by atoms with Gasteiger partial charge in [0.05, 0.1) is 17.9 Å². The van der Waals surface area contributed by atoms with E-state index in [0.717, 1.165) is 12.0 Å². The molecule has 1 fully saturated rings. The Morgan fingerprint density at radius 2 is 2.17 bits per heavy atom. The minimum atomic E-state index is 0.0498. The molecule has 1 aromatic carbocycles. The first-order chi connectivity index (χ1) is 8.76. The highest BCUT2D eigenvalue weighted by Gasteiger charge is 2.43. The van der Waals surface area contributed by atoms with Gasteiger partial charge in [-0.3, -0.25) is 0 Å². The molecule has 18 heavy (non-hydrogen) atoms. The second kappa shape index (κ2) is 4.43. The normalized spacial score (nSPS) is 21.6. The first-order valence-corrected chi connectivity index (χ1v) is 6.10. The standard InChI is InChI=1S/C13H10ClN3O/c14-10-3-1-8(2-4-10)5-12-16-13(18-17-12)11-6-9(11)7-15/h1-4,9,11H,5-6H2. The maximum Gasteiger partial charge on any atom is 0.231 e. The van der Waals surface area contributed by atoms with Crippen molar-refractivity contribution in [2.75, 3.05) is 0 Å². The van der Waals surface area contributed by atoms with Crippen molar-refractivity contribution in [1.29, 1.82) is 5.26 Å². The lowest BCUT2D eigenvalue weighted by atomic mass is 10.1. The van der Waals surface area contributed by atoms with Crippen LogP contribution in [0.4, 0.5) is 0 Å². The Morgan fingerprint density at radius 1 is 1.39 bits per heavy atom. The van der Waals surface area contributed by atoms with Gasteiger partial charge in [0.15, 0.2) is 5.82 Å². The van der Waals surface area contributed by atoms with Crippen LogP contribution in [-0.2, 0) is 6.42 Å². The van der Waals surface area contributed by atoms with Crippen LogP contribution in [0.15, 0.2) is 28.8 Å². The van der Waals surface area contributed by atoms with Gasteiger partial charge < -0.3 is 4.52 Å². The molecule has 2 unspecified atom stereocenters. The van der Waals surface area contributed by atoms with Crippen molar-refractivity contribution < 1.29 is 4.52 Å². The summed E-state index contributed by atoms with van der Waals surface area (Å²) >= 11 is 5.82. The van der Waals surface area contributed by atoms with Gasteiger partial charge >= 0.3 is 0 Å². The SMILES string of the molecule is N#CC1CC1c1nc(Cc2ccc(Cl)cc2)no1. The fourth-order valence-electron chi connectivity index (χ4n) is 1.89. The zero-order chi connectivity index (χ0) is 12.5. The van der Waals surface area contributed by atoms with E-state index in [4.69, 9.17) is 21.4 Å². The van der Waals surface area contributed by atoms with E-state index in [1.165, 1.54) is 0 Å². The smallest absolute Gasteiger partial charge is 0.231 e. The van der Waals surface area contributed by atoms with E-state index in [9.17, 15) is 0 Å². The average molecular weight is 260 g/mol. The first kappa shape index (κ1) is 11.2. The van der Waals surface area contributed by atoms with E-state index in [1.807, 2.05) is 24.3 Å². The van der Waals surface area contributed by atoms with Crippen LogP contribution in [0.1, 0.15) is 29.6 Å². The van der Waals surface area contributed by atoms with Crippen molar-refractivity contribution in [2.24, 2.45) is 5.92 Å². The van der Waals surface area contributed by atoms with Gasteiger partial charge in [-0.15, -0.1) is 0 Å². The van der Waals surface area contributed by atoms with E-state index >= 15 is 0 Å². The summed E-state index contributed by atoms with van der Waals surface area (Å²) in [6, 6.07) is 9.76. The molecule has 1 saturated carbocycles. The van der Waals surface area contributed by atoms with Crippen molar-refractivity contribution >= 4 is 11.6 Å². The van der Waals surface area contributed by atoms with Crippen LogP contribution in [-0.4, -0.2) is 10.1 Å². The molecule has 1 aliphatic rings. The summed E-state index contributed by atoms with van der Waals surface area (Å²) in [5.74, 6) is 1.43. The van der Waals surface area contributed by atoms with Crippen LogP contribution in [0.25, 0.3) is 0 Å². The summed E-state index contributed by atoms with van der Waals surface area (Å²) in [6.45, 7) is 0. The lowest BCUT2D eigenvalue weighted by Crippen LogP contribution is -1.91. The molecule has 0 saturated heterocycles. The van der Waals surface area contributed by atoms with Gasteiger partial charge in [0.2, 0.25) is 5.89 Å². The Kier molecular flexibility index (Phi) is 2.77. The molecule has 0 aliphatic heterocycles. The Bertz CT molecular complexity index is 599. The molecule has 0 spiro atoms. The minimum absolute atomic E-state index is 0.0498. The summed E-state index contributed by atoms with van der Waals surface area (Å²) in [5.41, 5.74) is 1.08. The fraction of sp³-hybridized carbons (Fsp3) is 0.308. The van der Waals surface area contributed by atoms with Gasteiger partial charge in [-0.1, -0.05) is 28.9 Å². The summed E-state index contributed by atoms with van der Waals surface area (Å²) in [6.07, 6.45) is 1.45. The molecule has 2 aromatic rings. The van der Waals surface area contributed by atoms with Crippen LogP contribution >= 0.6 is 11.6 Å². The highest BCUT2D eigenvalue weighted by Crippen LogP contribution is 2.45. The number of nitriles is 1. The van der Waals surface area contributed by atoms with Gasteiger partial charge in [0.1, 0.15) is 0 Å². The van der Waals surface area contributed by atoms with Crippen LogP contribution in [0.3, 0.4) is 0 Å². The number of hydrogen-bond donors (Lipinski definition) is 0. The van der Waals surface area contributed by atoms with Crippen molar-refractivity contribution in [3.8, 4) is 6.07 Å². The summed E-state index contributed by atoms with van der Waals surface area (Å²) in [4.78, 5) is 4.33. The molecule has 0 bridgehead atoms. The van der Waals surface area contributed by atoms with Gasteiger partial charge in [-0.2, -0.15) is 10.2 Å². The molecule has 0 radical (unpaired) electrons. The highest BCUT2D eigenvalue weighted by molar-refractivity contribution is 6.30. The summed E-state index contributed by atoms with van der Waals surface area (Å²) in [5, 5.41) is 13.4. The third-order valence-electron chi connectivity index (χ3n) is 3.03. The predicted molar refractivity (Wildman–Crippen MR) is 65.0 cm³/mol. The number of aromatic nitrogens is 2. The van der Waals surface area contributed by atoms with E-state index in [1.54, 1.807) is 0 Å². The van der Waals surface area contributed by atoms with E-state index in [-0.39, 0.29) is 11.8 Å². The largest absolute Gasteiger partial charge is 0.339 e. The third-order valence-corrected chi connectivity index (χ3v) is 3.28.